The average Bonchev–Trinajstić information content (AvgIpc) is 2.27. The van der Waals surface area contributed by atoms with Gasteiger partial charge in [-0.2, -0.15) is 0 Å². The summed E-state index contributed by atoms with van der Waals surface area (Å²) in [6.45, 7) is 7.79. The van der Waals surface area contributed by atoms with Crippen LogP contribution in [0.3, 0.4) is 0 Å². The highest BCUT2D eigenvalue weighted by Gasteiger charge is 2.30. The molecule has 19 heavy (non-hydrogen) atoms. The molecule has 1 aromatic carbocycles. The molecule has 106 valence electrons. The van der Waals surface area contributed by atoms with Gasteiger partial charge in [-0.15, -0.1) is 0 Å². The molecule has 1 aromatic rings. The number of carbonyl (C=O) groups is 1. The monoisotopic (exact) mass is 264 g/mol. The second-order valence-electron chi connectivity index (χ2n) is 5.65. The maximum absolute atomic E-state index is 12.2. The van der Waals surface area contributed by atoms with Crippen LogP contribution >= 0.6 is 0 Å². The molecule has 0 unspecified atom stereocenters. The van der Waals surface area contributed by atoms with Crippen molar-refractivity contribution in [2.24, 2.45) is 0 Å². The van der Waals surface area contributed by atoms with Crippen molar-refractivity contribution in [3.8, 4) is 5.75 Å². The zero-order valence-corrected chi connectivity index (χ0v) is 12.7. The van der Waals surface area contributed by atoms with Crippen LogP contribution < -0.4 is 10.2 Å². The van der Waals surface area contributed by atoms with Gasteiger partial charge in [-0.05, 0) is 45.4 Å². The van der Waals surface area contributed by atoms with Gasteiger partial charge in [0.05, 0.1) is 11.5 Å². The van der Waals surface area contributed by atoms with Crippen LogP contribution in [0.1, 0.15) is 33.3 Å². The molecule has 0 aliphatic rings. The van der Waals surface area contributed by atoms with Crippen molar-refractivity contribution in [3.63, 3.8) is 0 Å². The van der Waals surface area contributed by atoms with Gasteiger partial charge in [0.2, 0.25) is 5.91 Å². The third kappa shape index (κ3) is 4.24. The van der Waals surface area contributed by atoms with E-state index in [0.29, 0.717) is 0 Å². The smallest absolute Gasteiger partial charge is 0.244 e. The maximum atomic E-state index is 12.2. The third-order valence-electron chi connectivity index (χ3n) is 2.84. The molecule has 0 bridgehead atoms. The summed E-state index contributed by atoms with van der Waals surface area (Å²) in [5.74, 6) is 0.789. The standard InChI is InChI=1S/C15H24N2O2/c1-11(2)19-13-9-7-12(8-10-13)15(3,4)14(18)16-17(5)6/h7-11H,1-6H3,(H,16,18). The Labute approximate surface area is 115 Å². The van der Waals surface area contributed by atoms with E-state index in [9.17, 15) is 4.79 Å². The number of ether oxygens (including phenoxy) is 1. The Kier molecular flexibility index (Phi) is 4.95. The third-order valence-corrected chi connectivity index (χ3v) is 2.84. The van der Waals surface area contributed by atoms with Gasteiger partial charge in [0.15, 0.2) is 0 Å². The predicted octanol–water partition coefficient (Wildman–Crippen LogP) is 2.34. The van der Waals surface area contributed by atoms with Crippen LogP contribution in [0.5, 0.6) is 5.75 Å². The van der Waals surface area contributed by atoms with Crippen molar-refractivity contribution in [2.75, 3.05) is 14.1 Å². The first-order valence-electron chi connectivity index (χ1n) is 6.49. The van der Waals surface area contributed by atoms with Gasteiger partial charge in [-0.25, -0.2) is 5.01 Å². The summed E-state index contributed by atoms with van der Waals surface area (Å²) in [5.41, 5.74) is 3.17. The Morgan fingerprint density at radius 1 is 1.21 bits per heavy atom. The minimum absolute atomic E-state index is 0.0324. The van der Waals surface area contributed by atoms with E-state index in [4.69, 9.17) is 4.74 Å². The topological polar surface area (TPSA) is 41.6 Å². The van der Waals surface area contributed by atoms with Crippen LogP contribution in [0.15, 0.2) is 24.3 Å². The molecular weight excluding hydrogens is 240 g/mol. The molecule has 1 N–H and O–H groups in total. The summed E-state index contributed by atoms with van der Waals surface area (Å²) < 4.78 is 5.60. The largest absolute Gasteiger partial charge is 0.491 e. The molecule has 0 heterocycles. The minimum atomic E-state index is -0.583. The zero-order chi connectivity index (χ0) is 14.6. The molecule has 0 saturated carbocycles. The molecule has 0 atom stereocenters. The van der Waals surface area contributed by atoms with Gasteiger partial charge in [0, 0.05) is 14.1 Å². The Balaban J connectivity index is 2.86. The lowest BCUT2D eigenvalue weighted by Gasteiger charge is -2.26. The van der Waals surface area contributed by atoms with Crippen LogP contribution in [0.4, 0.5) is 0 Å². The minimum Gasteiger partial charge on any atom is -0.491 e. The van der Waals surface area contributed by atoms with E-state index in [0.717, 1.165) is 11.3 Å². The van der Waals surface area contributed by atoms with E-state index in [1.807, 2.05) is 52.0 Å². The first kappa shape index (κ1) is 15.5. The second-order valence-corrected chi connectivity index (χ2v) is 5.65. The van der Waals surface area contributed by atoms with Crippen LogP contribution in [0, 0.1) is 0 Å². The van der Waals surface area contributed by atoms with Crippen LogP contribution in [-0.2, 0) is 10.2 Å². The van der Waals surface area contributed by atoms with Crippen molar-refractivity contribution in [2.45, 2.75) is 39.2 Å². The normalized spacial score (nSPS) is 11.8. The lowest BCUT2D eigenvalue weighted by atomic mass is 9.84. The molecule has 0 aromatic heterocycles. The quantitative estimate of drug-likeness (QED) is 0.830. The molecule has 0 radical (unpaired) electrons. The molecule has 4 heteroatoms. The van der Waals surface area contributed by atoms with Crippen molar-refractivity contribution < 1.29 is 9.53 Å². The van der Waals surface area contributed by atoms with E-state index in [-0.39, 0.29) is 12.0 Å². The fourth-order valence-corrected chi connectivity index (χ4v) is 1.70. The lowest BCUT2D eigenvalue weighted by molar-refractivity contribution is -0.129. The highest BCUT2D eigenvalue weighted by atomic mass is 16.5. The molecule has 0 aliphatic carbocycles. The summed E-state index contributed by atoms with van der Waals surface area (Å²) in [5, 5.41) is 1.65. The highest BCUT2D eigenvalue weighted by Crippen LogP contribution is 2.25. The summed E-state index contributed by atoms with van der Waals surface area (Å²) >= 11 is 0. The lowest BCUT2D eigenvalue weighted by Crippen LogP contribution is -2.46. The Morgan fingerprint density at radius 3 is 2.16 bits per heavy atom. The van der Waals surface area contributed by atoms with Gasteiger partial charge in [-0.1, -0.05) is 12.1 Å². The van der Waals surface area contributed by atoms with Crippen LogP contribution in [0.25, 0.3) is 0 Å². The van der Waals surface area contributed by atoms with Gasteiger partial charge in [0.25, 0.3) is 0 Å². The fourth-order valence-electron chi connectivity index (χ4n) is 1.70. The van der Waals surface area contributed by atoms with Crippen molar-refractivity contribution >= 4 is 5.91 Å². The molecule has 0 saturated heterocycles. The molecule has 0 aliphatic heterocycles. The molecular formula is C15H24N2O2. The number of nitrogens with zero attached hydrogens (tertiary/aromatic N) is 1. The van der Waals surface area contributed by atoms with E-state index >= 15 is 0 Å². The first-order valence-corrected chi connectivity index (χ1v) is 6.49. The van der Waals surface area contributed by atoms with Crippen molar-refractivity contribution in [3.05, 3.63) is 29.8 Å². The van der Waals surface area contributed by atoms with Gasteiger partial charge in [0.1, 0.15) is 5.75 Å². The van der Waals surface area contributed by atoms with E-state index in [2.05, 4.69) is 5.43 Å². The SMILES string of the molecule is CC(C)Oc1ccc(C(C)(C)C(=O)NN(C)C)cc1. The van der Waals surface area contributed by atoms with E-state index in [1.54, 1.807) is 19.1 Å². The van der Waals surface area contributed by atoms with Crippen LogP contribution in [0.2, 0.25) is 0 Å². The molecule has 1 rings (SSSR count). The Hall–Kier alpha value is -1.55. The summed E-state index contributed by atoms with van der Waals surface area (Å²) in [6.07, 6.45) is 0.149. The van der Waals surface area contributed by atoms with Crippen LogP contribution in [-0.4, -0.2) is 31.1 Å². The average molecular weight is 264 g/mol. The number of rotatable bonds is 5. The zero-order valence-electron chi connectivity index (χ0n) is 12.7. The van der Waals surface area contributed by atoms with E-state index in [1.165, 1.54) is 0 Å². The summed E-state index contributed by atoms with van der Waals surface area (Å²) in [7, 11) is 3.60. The molecule has 4 nitrogen and oxygen atoms in total. The predicted molar refractivity (Wildman–Crippen MR) is 77.1 cm³/mol. The number of amides is 1. The van der Waals surface area contributed by atoms with Crippen molar-refractivity contribution in [1.29, 1.82) is 0 Å². The first-order chi connectivity index (χ1) is 8.73. The van der Waals surface area contributed by atoms with E-state index < -0.39 is 5.41 Å². The van der Waals surface area contributed by atoms with Gasteiger partial charge < -0.3 is 4.74 Å². The highest BCUT2D eigenvalue weighted by molar-refractivity contribution is 5.86. The summed E-state index contributed by atoms with van der Waals surface area (Å²) in [4.78, 5) is 12.2. The number of hydrogen-bond donors (Lipinski definition) is 1. The molecule has 0 spiro atoms. The maximum Gasteiger partial charge on any atom is 0.244 e. The number of hydrogen-bond acceptors (Lipinski definition) is 3. The fraction of sp³-hybridized carbons (Fsp3) is 0.533. The second kappa shape index (κ2) is 6.06. The van der Waals surface area contributed by atoms with Gasteiger partial charge >= 0.3 is 0 Å². The molecule has 0 fully saturated rings. The number of nitrogens with one attached hydrogen (secondary N) is 1. The summed E-state index contributed by atoms with van der Waals surface area (Å²) in [6, 6.07) is 7.68. The number of hydrazine groups is 1. The molecule has 1 amide bonds. The van der Waals surface area contributed by atoms with Crippen molar-refractivity contribution in [1.82, 2.24) is 10.4 Å². The Morgan fingerprint density at radius 2 is 1.74 bits per heavy atom. The Bertz CT molecular complexity index is 422. The number of carbonyl (C=O) groups excluding carboxylic acids is 1. The van der Waals surface area contributed by atoms with Gasteiger partial charge in [-0.3, -0.25) is 10.2 Å². The number of benzene rings is 1.